The molecular weight excluding hydrogens is 236 g/mol. The van der Waals surface area contributed by atoms with Gasteiger partial charge in [-0.1, -0.05) is 0 Å². The molecule has 2 N–H and O–H groups in total. The lowest BCUT2D eigenvalue weighted by atomic mass is 9.82. The van der Waals surface area contributed by atoms with Gasteiger partial charge < -0.3 is 9.84 Å². The average Bonchev–Trinajstić information content (AvgIpc) is 2.27. The summed E-state index contributed by atoms with van der Waals surface area (Å²) >= 11 is -2.46. The van der Waals surface area contributed by atoms with Crippen LogP contribution in [0.15, 0.2) is 0 Å². The Labute approximate surface area is 96.4 Å². The Morgan fingerprint density at radius 2 is 1.94 bits per heavy atom. The third-order valence-corrected chi connectivity index (χ3v) is 3.25. The van der Waals surface area contributed by atoms with Gasteiger partial charge in [-0.25, -0.2) is 4.18 Å². The van der Waals surface area contributed by atoms with Crippen LogP contribution >= 0.6 is 0 Å². The molecule has 1 aliphatic rings. The van der Waals surface area contributed by atoms with Crippen molar-refractivity contribution < 1.29 is 27.6 Å². The van der Waals surface area contributed by atoms with Crippen molar-refractivity contribution in [3.8, 4) is 0 Å². The van der Waals surface area contributed by atoms with Crippen molar-refractivity contribution in [1.29, 1.82) is 0 Å². The number of hydrogen-bond acceptors (Lipinski definition) is 5. The van der Waals surface area contributed by atoms with Gasteiger partial charge in [-0.2, -0.15) is 4.21 Å². The highest BCUT2D eigenvalue weighted by Gasteiger charge is 2.31. The zero-order valence-corrected chi connectivity index (χ0v) is 9.81. The SMILES string of the molecule is COC(=O)C1CCC(C(O)OS(=O)O)CC1. The topological polar surface area (TPSA) is 93.1 Å². The first-order valence-corrected chi connectivity index (χ1v) is 6.11. The van der Waals surface area contributed by atoms with Crippen molar-refractivity contribution in [2.75, 3.05) is 7.11 Å². The predicted molar refractivity (Wildman–Crippen MR) is 55.3 cm³/mol. The van der Waals surface area contributed by atoms with E-state index in [1.54, 1.807) is 0 Å². The molecule has 1 fully saturated rings. The van der Waals surface area contributed by atoms with Gasteiger partial charge in [0.05, 0.1) is 13.0 Å². The molecular formula is C9H16O6S. The summed E-state index contributed by atoms with van der Waals surface area (Å²) in [4.78, 5) is 11.2. The summed E-state index contributed by atoms with van der Waals surface area (Å²) in [5.41, 5.74) is 0. The minimum Gasteiger partial charge on any atom is -0.469 e. The second-order valence-corrected chi connectivity index (χ2v) is 4.47. The van der Waals surface area contributed by atoms with E-state index in [0.29, 0.717) is 25.7 Å². The third kappa shape index (κ3) is 3.82. The predicted octanol–water partition coefficient (Wildman–Crippen LogP) is 0.437. The molecule has 0 spiro atoms. The van der Waals surface area contributed by atoms with Gasteiger partial charge in [0, 0.05) is 5.92 Å². The Hall–Kier alpha value is -0.500. The van der Waals surface area contributed by atoms with Gasteiger partial charge >= 0.3 is 17.3 Å². The van der Waals surface area contributed by atoms with Gasteiger partial charge in [0.1, 0.15) is 0 Å². The van der Waals surface area contributed by atoms with Gasteiger partial charge in [0.25, 0.3) is 0 Å². The van der Waals surface area contributed by atoms with Gasteiger partial charge in [-0.15, -0.1) is 0 Å². The zero-order valence-electron chi connectivity index (χ0n) is 9.00. The van der Waals surface area contributed by atoms with Crippen molar-refractivity contribution in [3.63, 3.8) is 0 Å². The Kier molecular flexibility index (Phi) is 5.33. The number of hydrogen-bond donors (Lipinski definition) is 2. The number of carbonyl (C=O) groups is 1. The van der Waals surface area contributed by atoms with Crippen LogP contribution in [-0.2, 0) is 25.1 Å². The molecule has 0 aromatic heterocycles. The summed E-state index contributed by atoms with van der Waals surface area (Å²) in [6, 6.07) is 0. The normalized spacial score (nSPS) is 29.4. The number of carbonyl (C=O) groups excluding carboxylic acids is 1. The molecule has 6 nitrogen and oxygen atoms in total. The van der Waals surface area contributed by atoms with Gasteiger partial charge in [0.15, 0.2) is 6.29 Å². The highest BCUT2D eigenvalue weighted by Crippen LogP contribution is 2.31. The maximum Gasteiger partial charge on any atom is 0.308 e. The van der Waals surface area contributed by atoms with Gasteiger partial charge in [-0.3, -0.25) is 9.35 Å². The second-order valence-electron chi connectivity index (χ2n) is 3.84. The monoisotopic (exact) mass is 252 g/mol. The van der Waals surface area contributed by atoms with Crippen LogP contribution in [0.4, 0.5) is 0 Å². The number of aliphatic hydroxyl groups is 1. The summed E-state index contributed by atoms with van der Waals surface area (Å²) < 4.78 is 27.8. The molecule has 0 saturated heterocycles. The molecule has 2 unspecified atom stereocenters. The first-order valence-electron chi connectivity index (χ1n) is 5.08. The maximum absolute atomic E-state index is 11.2. The summed E-state index contributed by atoms with van der Waals surface area (Å²) in [6.45, 7) is 0. The van der Waals surface area contributed by atoms with Crippen LogP contribution < -0.4 is 0 Å². The smallest absolute Gasteiger partial charge is 0.308 e. The molecule has 2 atom stereocenters. The molecule has 0 amide bonds. The van der Waals surface area contributed by atoms with Crippen LogP contribution in [0.3, 0.4) is 0 Å². The van der Waals surface area contributed by atoms with E-state index in [1.807, 2.05) is 0 Å². The molecule has 1 saturated carbocycles. The highest BCUT2D eigenvalue weighted by molar-refractivity contribution is 7.74. The van der Waals surface area contributed by atoms with Crippen molar-refractivity contribution in [2.24, 2.45) is 11.8 Å². The lowest BCUT2D eigenvalue weighted by Crippen LogP contribution is -2.31. The fourth-order valence-corrected chi connectivity index (χ4v) is 2.30. The number of rotatable bonds is 4. The van der Waals surface area contributed by atoms with Crippen molar-refractivity contribution in [1.82, 2.24) is 0 Å². The van der Waals surface area contributed by atoms with Crippen LogP contribution in [-0.4, -0.2) is 33.2 Å². The maximum atomic E-state index is 11.2. The molecule has 0 radical (unpaired) electrons. The van der Waals surface area contributed by atoms with E-state index in [4.69, 9.17) is 4.55 Å². The lowest BCUT2D eigenvalue weighted by molar-refractivity contribution is -0.148. The Morgan fingerprint density at radius 3 is 2.38 bits per heavy atom. The largest absolute Gasteiger partial charge is 0.469 e. The summed E-state index contributed by atoms with van der Waals surface area (Å²) in [5.74, 6) is -0.565. The minimum atomic E-state index is -2.46. The highest BCUT2D eigenvalue weighted by atomic mass is 32.2. The first kappa shape index (κ1) is 13.6. The van der Waals surface area contributed by atoms with Crippen molar-refractivity contribution in [2.45, 2.75) is 32.0 Å². The number of aliphatic hydroxyl groups excluding tert-OH is 1. The average molecular weight is 252 g/mol. The fraction of sp³-hybridized carbons (Fsp3) is 0.889. The van der Waals surface area contributed by atoms with E-state index in [0.717, 1.165) is 0 Å². The van der Waals surface area contributed by atoms with Crippen LogP contribution in [0.1, 0.15) is 25.7 Å². The van der Waals surface area contributed by atoms with E-state index < -0.39 is 17.7 Å². The molecule has 94 valence electrons. The molecule has 0 heterocycles. The molecule has 0 aromatic rings. The van der Waals surface area contributed by atoms with E-state index in [-0.39, 0.29) is 17.8 Å². The van der Waals surface area contributed by atoms with Crippen LogP contribution in [0.5, 0.6) is 0 Å². The lowest BCUT2D eigenvalue weighted by Gasteiger charge is -2.28. The second kappa shape index (κ2) is 6.29. The quantitative estimate of drug-likeness (QED) is 0.428. The van der Waals surface area contributed by atoms with Crippen LogP contribution in [0.2, 0.25) is 0 Å². The molecule has 0 aliphatic heterocycles. The minimum absolute atomic E-state index is 0.131. The van der Waals surface area contributed by atoms with Gasteiger partial charge in [-0.05, 0) is 25.7 Å². The number of esters is 1. The molecule has 1 rings (SSSR count). The van der Waals surface area contributed by atoms with Crippen LogP contribution in [0.25, 0.3) is 0 Å². The van der Waals surface area contributed by atoms with E-state index in [2.05, 4.69) is 8.92 Å². The Bertz CT molecular complexity index is 261. The number of methoxy groups -OCH3 is 1. The fourth-order valence-electron chi connectivity index (χ4n) is 1.97. The van der Waals surface area contributed by atoms with Crippen molar-refractivity contribution >= 4 is 17.3 Å². The Balaban J connectivity index is 2.36. The summed E-state index contributed by atoms with van der Waals surface area (Å²) in [6.07, 6.45) is 1.13. The molecule has 16 heavy (non-hydrogen) atoms. The Morgan fingerprint density at radius 1 is 1.38 bits per heavy atom. The summed E-state index contributed by atoms with van der Waals surface area (Å²) in [7, 11) is 1.35. The molecule has 1 aliphatic carbocycles. The molecule has 7 heteroatoms. The zero-order chi connectivity index (χ0) is 12.1. The van der Waals surface area contributed by atoms with Crippen LogP contribution in [0, 0.1) is 11.8 Å². The third-order valence-electron chi connectivity index (χ3n) is 2.89. The van der Waals surface area contributed by atoms with E-state index >= 15 is 0 Å². The standard InChI is InChI=1S/C9H16O6S/c1-14-8(10)6-2-4-7(5-3-6)9(11)15-16(12)13/h6-7,9,11H,2-5H2,1H3,(H,12,13). The van der Waals surface area contributed by atoms with E-state index in [9.17, 15) is 14.1 Å². The number of ether oxygens (including phenoxy) is 1. The summed E-state index contributed by atoms with van der Waals surface area (Å²) in [5, 5.41) is 9.43. The van der Waals surface area contributed by atoms with Crippen molar-refractivity contribution in [3.05, 3.63) is 0 Å². The molecule has 0 aromatic carbocycles. The van der Waals surface area contributed by atoms with E-state index in [1.165, 1.54) is 7.11 Å². The first-order chi connectivity index (χ1) is 7.54. The molecule has 0 bridgehead atoms. The van der Waals surface area contributed by atoms with Gasteiger partial charge in [0.2, 0.25) is 0 Å².